The topological polar surface area (TPSA) is 32.3 Å². The van der Waals surface area contributed by atoms with Gasteiger partial charge in [-0.3, -0.25) is 4.79 Å². The van der Waals surface area contributed by atoms with Crippen LogP contribution in [0.2, 0.25) is 0 Å². The Bertz CT molecular complexity index is 562. The van der Waals surface area contributed by atoms with Gasteiger partial charge in [-0.05, 0) is 58.8 Å². The van der Waals surface area contributed by atoms with Crippen molar-refractivity contribution >= 4 is 28.6 Å². The van der Waals surface area contributed by atoms with Crippen molar-refractivity contribution in [2.45, 2.75) is 19.4 Å². The first-order valence-corrected chi connectivity index (χ1v) is 8.70. The van der Waals surface area contributed by atoms with Crippen molar-refractivity contribution < 1.29 is 4.79 Å². The average Bonchev–Trinajstić information content (AvgIpc) is 3.13. The third-order valence-corrected chi connectivity index (χ3v) is 5.36. The van der Waals surface area contributed by atoms with Crippen LogP contribution in [0.4, 0.5) is 0 Å². The number of nitrogens with zero attached hydrogens (tertiary/aromatic N) is 1. The predicted octanol–water partition coefficient (Wildman–Crippen LogP) is 2.53. The number of rotatable bonds is 5. The molecule has 0 saturated heterocycles. The summed E-state index contributed by atoms with van der Waals surface area (Å²) in [5, 5.41) is 9.63. The Labute approximate surface area is 127 Å². The van der Waals surface area contributed by atoms with Gasteiger partial charge in [-0.25, -0.2) is 0 Å². The summed E-state index contributed by atoms with van der Waals surface area (Å²) in [6, 6.07) is 4.28. The van der Waals surface area contributed by atoms with Crippen LogP contribution < -0.4 is 5.32 Å². The van der Waals surface area contributed by atoms with E-state index in [0.29, 0.717) is 6.54 Å². The van der Waals surface area contributed by atoms with E-state index in [2.05, 4.69) is 33.6 Å². The molecule has 1 amide bonds. The maximum Gasteiger partial charge on any atom is 0.236 e. The van der Waals surface area contributed by atoms with Gasteiger partial charge in [0.25, 0.3) is 0 Å². The summed E-state index contributed by atoms with van der Waals surface area (Å²) < 4.78 is 0. The molecular formula is C15H18N2OS2. The molecule has 3 rings (SSSR count). The lowest BCUT2D eigenvalue weighted by molar-refractivity contribution is -0.131. The molecular weight excluding hydrogens is 288 g/mol. The molecule has 106 valence electrons. The summed E-state index contributed by atoms with van der Waals surface area (Å²) in [5.41, 5.74) is 2.67. The molecule has 3 nitrogen and oxygen atoms in total. The molecule has 2 aromatic rings. The summed E-state index contributed by atoms with van der Waals surface area (Å²) >= 11 is 3.53. The molecule has 0 spiro atoms. The highest BCUT2D eigenvalue weighted by molar-refractivity contribution is 7.10. The van der Waals surface area contributed by atoms with E-state index in [1.54, 1.807) is 22.7 Å². The highest BCUT2D eigenvalue weighted by Crippen LogP contribution is 2.23. The van der Waals surface area contributed by atoms with Gasteiger partial charge in [0.05, 0.1) is 6.54 Å². The molecule has 0 atom stereocenters. The van der Waals surface area contributed by atoms with Crippen LogP contribution in [0.25, 0.3) is 0 Å². The Morgan fingerprint density at radius 1 is 1.35 bits per heavy atom. The largest absolute Gasteiger partial charge is 0.337 e. The van der Waals surface area contributed by atoms with Crippen molar-refractivity contribution in [1.29, 1.82) is 0 Å². The van der Waals surface area contributed by atoms with Crippen LogP contribution in [0.1, 0.15) is 16.0 Å². The highest BCUT2D eigenvalue weighted by Gasteiger charge is 2.20. The van der Waals surface area contributed by atoms with Crippen LogP contribution in [0, 0.1) is 0 Å². The summed E-state index contributed by atoms with van der Waals surface area (Å²) in [5.74, 6) is 0.215. The molecule has 2 aromatic heterocycles. The van der Waals surface area contributed by atoms with Gasteiger partial charge in [0, 0.05) is 18.0 Å². The number of carbonyl (C=O) groups excluding carboxylic acids is 1. The molecule has 3 heterocycles. The van der Waals surface area contributed by atoms with Crippen LogP contribution in [0.5, 0.6) is 0 Å². The fraction of sp³-hybridized carbons (Fsp3) is 0.400. The summed E-state index contributed by atoms with van der Waals surface area (Å²) in [6.07, 6.45) is 2.00. The summed E-state index contributed by atoms with van der Waals surface area (Å²) in [7, 11) is 0. The second kappa shape index (κ2) is 6.52. The number of nitrogens with one attached hydrogen (secondary N) is 1. The predicted molar refractivity (Wildman–Crippen MR) is 84.3 cm³/mol. The molecule has 0 aromatic carbocycles. The normalized spacial score (nSPS) is 14.3. The van der Waals surface area contributed by atoms with Crippen LogP contribution in [0.15, 0.2) is 28.3 Å². The molecule has 0 bridgehead atoms. The van der Waals surface area contributed by atoms with Crippen LogP contribution in [-0.4, -0.2) is 30.4 Å². The maximum atomic E-state index is 12.2. The first kappa shape index (κ1) is 13.8. The Kier molecular flexibility index (Phi) is 4.50. The minimum absolute atomic E-state index is 0.215. The van der Waals surface area contributed by atoms with Crippen molar-refractivity contribution in [3.05, 3.63) is 44.3 Å². The van der Waals surface area contributed by atoms with Gasteiger partial charge in [0.1, 0.15) is 0 Å². The molecule has 5 heteroatoms. The van der Waals surface area contributed by atoms with Crippen molar-refractivity contribution in [3.63, 3.8) is 0 Å². The van der Waals surface area contributed by atoms with Gasteiger partial charge in [-0.1, -0.05) is 0 Å². The lowest BCUT2D eigenvalue weighted by Gasteiger charge is -2.27. The zero-order valence-corrected chi connectivity index (χ0v) is 12.9. The van der Waals surface area contributed by atoms with Crippen molar-refractivity contribution in [1.82, 2.24) is 10.2 Å². The van der Waals surface area contributed by atoms with Gasteiger partial charge in [0.2, 0.25) is 5.91 Å². The average molecular weight is 306 g/mol. The quantitative estimate of drug-likeness (QED) is 0.861. The maximum absolute atomic E-state index is 12.2. The van der Waals surface area contributed by atoms with Crippen molar-refractivity contribution in [2.24, 2.45) is 0 Å². The van der Waals surface area contributed by atoms with E-state index < -0.39 is 0 Å². The molecule has 0 fully saturated rings. The van der Waals surface area contributed by atoms with E-state index in [-0.39, 0.29) is 5.91 Å². The lowest BCUT2D eigenvalue weighted by Crippen LogP contribution is -2.41. The molecule has 0 saturated carbocycles. The number of thiophene rings is 2. The highest BCUT2D eigenvalue weighted by atomic mass is 32.1. The molecule has 1 aliphatic heterocycles. The first-order chi connectivity index (χ1) is 9.83. The van der Waals surface area contributed by atoms with E-state index in [0.717, 1.165) is 32.5 Å². The number of hydrogen-bond acceptors (Lipinski definition) is 4. The zero-order chi connectivity index (χ0) is 13.8. The smallest absolute Gasteiger partial charge is 0.236 e. The van der Waals surface area contributed by atoms with Crippen molar-refractivity contribution in [3.8, 4) is 0 Å². The first-order valence-electron chi connectivity index (χ1n) is 6.88. The summed E-state index contributed by atoms with van der Waals surface area (Å²) in [6.45, 7) is 2.95. The lowest BCUT2D eigenvalue weighted by atomic mass is 10.1. The number of hydrogen-bond donors (Lipinski definition) is 1. The Balaban J connectivity index is 1.41. The van der Waals surface area contributed by atoms with E-state index in [1.165, 1.54) is 16.0 Å². The van der Waals surface area contributed by atoms with E-state index >= 15 is 0 Å². The monoisotopic (exact) mass is 306 g/mol. The number of amides is 1. The molecule has 0 radical (unpaired) electrons. The van der Waals surface area contributed by atoms with Crippen LogP contribution in [-0.2, 0) is 24.2 Å². The Morgan fingerprint density at radius 2 is 2.30 bits per heavy atom. The van der Waals surface area contributed by atoms with Crippen LogP contribution >= 0.6 is 22.7 Å². The number of carbonyl (C=O) groups is 1. The molecule has 1 N–H and O–H groups in total. The SMILES string of the molecule is O=C(CNCCc1ccsc1)N1CCc2sccc2C1. The summed E-state index contributed by atoms with van der Waals surface area (Å²) in [4.78, 5) is 15.6. The van der Waals surface area contributed by atoms with E-state index in [9.17, 15) is 4.79 Å². The van der Waals surface area contributed by atoms with E-state index in [4.69, 9.17) is 0 Å². The standard InChI is InChI=1S/C15H18N2OS2/c18-15(9-16-5-1-12-3-7-19-11-12)17-6-2-14-13(10-17)4-8-20-14/h3-4,7-8,11,16H,1-2,5-6,9-10H2. The third-order valence-electron chi connectivity index (χ3n) is 3.61. The fourth-order valence-corrected chi connectivity index (χ4v) is 4.03. The number of fused-ring (bicyclic) bond motifs is 1. The minimum Gasteiger partial charge on any atom is -0.337 e. The van der Waals surface area contributed by atoms with Crippen molar-refractivity contribution in [2.75, 3.05) is 19.6 Å². The van der Waals surface area contributed by atoms with Gasteiger partial charge in [-0.2, -0.15) is 11.3 Å². The minimum atomic E-state index is 0.215. The van der Waals surface area contributed by atoms with Gasteiger partial charge in [0.15, 0.2) is 0 Å². The molecule has 0 unspecified atom stereocenters. The van der Waals surface area contributed by atoms with Crippen LogP contribution in [0.3, 0.4) is 0 Å². The molecule has 0 aliphatic carbocycles. The fourth-order valence-electron chi connectivity index (χ4n) is 2.44. The molecule has 20 heavy (non-hydrogen) atoms. The Hall–Kier alpha value is -1.17. The Morgan fingerprint density at radius 3 is 3.15 bits per heavy atom. The second-order valence-electron chi connectivity index (χ2n) is 4.99. The van der Waals surface area contributed by atoms with Gasteiger partial charge in [-0.15, -0.1) is 11.3 Å². The second-order valence-corrected chi connectivity index (χ2v) is 6.77. The van der Waals surface area contributed by atoms with E-state index in [1.807, 2.05) is 4.90 Å². The zero-order valence-electron chi connectivity index (χ0n) is 11.3. The molecule has 1 aliphatic rings. The third kappa shape index (κ3) is 3.29. The van der Waals surface area contributed by atoms with Gasteiger partial charge < -0.3 is 10.2 Å². The van der Waals surface area contributed by atoms with Gasteiger partial charge >= 0.3 is 0 Å².